The average molecular weight is 257 g/mol. The summed E-state index contributed by atoms with van der Waals surface area (Å²) in [6.07, 6.45) is 1.10. The summed E-state index contributed by atoms with van der Waals surface area (Å²) in [5.41, 5.74) is 6.55. The molecule has 96 valence electrons. The fourth-order valence-electron chi connectivity index (χ4n) is 1.41. The van der Waals surface area contributed by atoms with Crippen molar-refractivity contribution in [2.24, 2.45) is 5.73 Å². The van der Waals surface area contributed by atoms with Crippen molar-refractivity contribution in [1.82, 2.24) is 0 Å². The molecule has 1 aromatic rings. The molecule has 0 fully saturated rings. The van der Waals surface area contributed by atoms with Gasteiger partial charge in [0.1, 0.15) is 11.6 Å². The largest absolute Gasteiger partial charge is 0.497 e. The molecule has 0 aromatic heterocycles. The van der Waals surface area contributed by atoms with E-state index in [1.165, 1.54) is 13.2 Å². The Morgan fingerprint density at radius 2 is 2.18 bits per heavy atom. The van der Waals surface area contributed by atoms with E-state index in [-0.39, 0.29) is 11.9 Å². The second-order valence-corrected chi connectivity index (χ2v) is 5.52. The second kappa shape index (κ2) is 6.87. The highest BCUT2D eigenvalue weighted by atomic mass is 32.2. The molecule has 2 unspecified atom stereocenters. The Morgan fingerprint density at radius 3 is 2.71 bits per heavy atom. The zero-order valence-electron chi connectivity index (χ0n) is 10.6. The van der Waals surface area contributed by atoms with E-state index in [4.69, 9.17) is 10.5 Å². The van der Waals surface area contributed by atoms with E-state index in [2.05, 4.69) is 13.8 Å². The molecule has 1 aromatic carbocycles. The van der Waals surface area contributed by atoms with E-state index in [0.717, 1.165) is 12.2 Å². The van der Waals surface area contributed by atoms with Crippen LogP contribution in [0.15, 0.2) is 18.2 Å². The summed E-state index contributed by atoms with van der Waals surface area (Å²) in [5.74, 6) is 0.966. The average Bonchev–Trinajstić information content (AvgIpc) is 2.35. The van der Waals surface area contributed by atoms with E-state index in [1.807, 2.05) is 0 Å². The van der Waals surface area contributed by atoms with Crippen molar-refractivity contribution >= 4 is 11.8 Å². The number of hydrogen-bond acceptors (Lipinski definition) is 3. The Morgan fingerprint density at radius 1 is 1.47 bits per heavy atom. The maximum atomic E-state index is 13.7. The number of ether oxygens (including phenoxy) is 1. The number of thioether (sulfide) groups is 1. The van der Waals surface area contributed by atoms with Gasteiger partial charge in [0.2, 0.25) is 0 Å². The van der Waals surface area contributed by atoms with Crippen molar-refractivity contribution in [3.8, 4) is 5.75 Å². The molecule has 0 heterocycles. The van der Waals surface area contributed by atoms with Crippen LogP contribution in [0.3, 0.4) is 0 Å². The predicted octanol–water partition coefficient (Wildman–Crippen LogP) is 3.37. The first-order valence-corrected chi connectivity index (χ1v) is 6.84. The number of methoxy groups -OCH3 is 1. The molecule has 0 saturated carbocycles. The predicted molar refractivity (Wildman–Crippen MR) is 72.1 cm³/mol. The molecule has 0 saturated heterocycles. The van der Waals surface area contributed by atoms with Crippen molar-refractivity contribution in [2.75, 3.05) is 12.9 Å². The first-order valence-electron chi connectivity index (χ1n) is 5.79. The number of nitrogens with two attached hydrogens (primary N) is 1. The Bertz CT molecular complexity index is 359. The molecule has 0 aliphatic carbocycles. The van der Waals surface area contributed by atoms with Gasteiger partial charge in [0.05, 0.1) is 7.11 Å². The van der Waals surface area contributed by atoms with Crippen molar-refractivity contribution in [1.29, 1.82) is 0 Å². The van der Waals surface area contributed by atoms with Crippen LogP contribution in [0.4, 0.5) is 4.39 Å². The summed E-state index contributed by atoms with van der Waals surface area (Å²) in [6.45, 7) is 4.29. The number of benzene rings is 1. The summed E-state index contributed by atoms with van der Waals surface area (Å²) in [5, 5.41) is 0.558. The quantitative estimate of drug-likeness (QED) is 0.848. The minimum atomic E-state index is -0.290. The van der Waals surface area contributed by atoms with Gasteiger partial charge in [-0.3, -0.25) is 0 Å². The van der Waals surface area contributed by atoms with Crippen LogP contribution in [0.1, 0.15) is 31.9 Å². The summed E-state index contributed by atoms with van der Waals surface area (Å²) >= 11 is 1.78. The topological polar surface area (TPSA) is 35.2 Å². The first-order chi connectivity index (χ1) is 8.08. The Kier molecular flexibility index (Phi) is 5.78. The lowest BCUT2D eigenvalue weighted by Crippen LogP contribution is -2.16. The molecule has 0 amide bonds. The second-order valence-electron chi connectivity index (χ2n) is 4.05. The van der Waals surface area contributed by atoms with Crippen LogP contribution < -0.4 is 10.5 Å². The zero-order chi connectivity index (χ0) is 12.8. The van der Waals surface area contributed by atoms with Gasteiger partial charge in [-0.15, -0.1) is 0 Å². The van der Waals surface area contributed by atoms with Crippen LogP contribution >= 0.6 is 11.8 Å². The van der Waals surface area contributed by atoms with Gasteiger partial charge in [0.15, 0.2) is 0 Å². The SMILES string of the molecule is CCC(C)SCC(N)c1ccc(OC)cc1F. The molecule has 0 radical (unpaired) electrons. The molecule has 17 heavy (non-hydrogen) atoms. The van der Waals surface area contributed by atoms with E-state index < -0.39 is 0 Å². The molecular weight excluding hydrogens is 237 g/mol. The number of rotatable bonds is 6. The molecule has 0 aliphatic rings. The van der Waals surface area contributed by atoms with Crippen molar-refractivity contribution in [3.05, 3.63) is 29.6 Å². The highest BCUT2D eigenvalue weighted by molar-refractivity contribution is 7.99. The fourth-order valence-corrected chi connectivity index (χ4v) is 2.36. The first kappa shape index (κ1) is 14.3. The van der Waals surface area contributed by atoms with Crippen LogP contribution in [0, 0.1) is 5.82 Å². The van der Waals surface area contributed by atoms with Crippen molar-refractivity contribution in [2.45, 2.75) is 31.6 Å². The lowest BCUT2D eigenvalue weighted by atomic mass is 10.1. The number of hydrogen-bond donors (Lipinski definition) is 1. The van der Waals surface area contributed by atoms with E-state index in [0.29, 0.717) is 16.6 Å². The minimum absolute atomic E-state index is 0.264. The van der Waals surface area contributed by atoms with Gasteiger partial charge in [0.25, 0.3) is 0 Å². The van der Waals surface area contributed by atoms with E-state index in [9.17, 15) is 4.39 Å². The highest BCUT2D eigenvalue weighted by Gasteiger charge is 2.13. The molecule has 0 aliphatic heterocycles. The van der Waals surface area contributed by atoms with Crippen LogP contribution in [0.5, 0.6) is 5.75 Å². The molecule has 4 heteroatoms. The van der Waals surface area contributed by atoms with Gasteiger partial charge < -0.3 is 10.5 Å². The van der Waals surface area contributed by atoms with Gasteiger partial charge in [-0.05, 0) is 12.5 Å². The molecule has 1 rings (SSSR count). The Hall–Kier alpha value is -0.740. The van der Waals surface area contributed by atoms with Gasteiger partial charge in [-0.25, -0.2) is 4.39 Å². The van der Waals surface area contributed by atoms with Gasteiger partial charge in [-0.2, -0.15) is 11.8 Å². The molecule has 2 nitrogen and oxygen atoms in total. The smallest absolute Gasteiger partial charge is 0.131 e. The van der Waals surface area contributed by atoms with Crippen LogP contribution in [-0.2, 0) is 0 Å². The van der Waals surface area contributed by atoms with Gasteiger partial charge >= 0.3 is 0 Å². The molecule has 2 N–H and O–H groups in total. The normalized spacial score (nSPS) is 14.4. The van der Waals surface area contributed by atoms with Gasteiger partial charge in [0, 0.05) is 28.7 Å². The van der Waals surface area contributed by atoms with E-state index in [1.54, 1.807) is 23.9 Å². The highest BCUT2D eigenvalue weighted by Crippen LogP contribution is 2.25. The third-order valence-corrected chi connectivity index (χ3v) is 4.20. The maximum absolute atomic E-state index is 13.7. The molecule has 0 bridgehead atoms. The van der Waals surface area contributed by atoms with E-state index >= 15 is 0 Å². The summed E-state index contributed by atoms with van der Waals surface area (Å²) < 4.78 is 18.7. The standard InChI is InChI=1S/C13H20FNOS/c1-4-9(2)17-8-13(15)11-6-5-10(16-3)7-12(11)14/h5-7,9,13H,4,8,15H2,1-3H3. The van der Waals surface area contributed by atoms with Crippen LogP contribution in [0.25, 0.3) is 0 Å². The Balaban J connectivity index is 2.65. The molecular formula is C13H20FNOS. The molecule has 0 spiro atoms. The summed E-state index contributed by atoms with van der Waals surface area (Å²) in [7, 11) is 1.52. The third-order valence-electron chi connectivity index (χ3n) is 2.74. The number of halogens is 1. The maximum Gasteiger partial charge on any atom is 0.131 e. The third kappa shape index (κ3) is 4.21. The monoisotopic (exact) mass is 257 g/mol. The van der Waals surface area contributed by atoms with Crippen molar-refractivity contribution < 1.29 is 9.13 Å². The van der Waals surface area contributed by atoms with Crippen LogP contribution in [0.2, 0.25) is 0 Å². The van der Waals surface area contributed by atoms with Crippen LogP contribution in [-0.4, -0.2) is 18.1 Å². The fraction of sp³-hybridized carbons (Fsp3) is 0.538. The molecule has 2 atom stereocenters. The summed E-state index contributed by atoms with van der Waals surface area (Å²) in [4.78, 5) is 0. The van der Waals surface area contributed by atoms with Gasteiger partial charge in [-0.1, -0.05) is 19.9 Å². The Labute approximate surface area is 107 Å². The summed E-state index contributed by atoms with van der Waals surface area (Å²) in [6, 6.07) is 4.56. The lowest BCUT2D eigenvalue weighted by molar-refractivity contribution is 0.410. The zero-order valence-corrected chi connectivity index (χ0v) is 11.4. The lowest BCUT2D eigenvalue weighted by Gasteiger charge is -2.15. The minimum Gasteiger partial charge on any atom is -0.497 e. The van der Waals surface area contributed by atoms with Crippen molar-refractivity contribution in [3.63, 3.8) is 0 Å².